The smallest absolute Gasteiger partial charge is 0.337 e. The summed E-state index contributed by atoms with van der Waals surface area (Å²) in [5.41, 5.74) is 0.883. The fraction of sp³-hybridized carbons (Fsp3) is 0.269. The van der Waals surface area contributed by atoms with Gasteiger partial charge in [0.25, 0.3) is 5.56 Å². The van der Waals surface area contributed by atoms with Crippen molar-refractivity contribution in [1.82, 2.24) is 9.13 Å². The largest absolute Gasteiger partial charge is 0.497 e. The lowest BCUT2D eigenvalue weighted by Crippen LogP contribution is -2.40. The number of hydrogen-bond acceptors (Lipinski definition) is 6. The second-order valence-electron chi connectivity index (χ2n) is 8.23. The average molecular weight is 477 g/mol. The summed E-state index contributed by atoms with van der Waals surface area (Å²) in [7, 11) is 3.01. The first-order valence-corrected chi connectivity index (χ1v) is 12.0. The summed E-state index contributed by atoms with van der Waals surface area (Å²) in [5.74, 6) is 0.687. The minimum absolute atomic E-state index is 0.155. The summed E-state index contributed by atoms with van der Waals surface area (Å²) in [5, 5.41) is 0.526. The number of ether oxygens (including phenoxy) is 2. The quantitative estimate of drug-likeness (QED) is 0.393. The molecular weight excluding hydrogens is 452 g/mol. The second kappa shape index (κ2) is 8.95. The van der Waals surface area contributed by atoms with Crippen molar-refractivity contribution in [3.05, 3.63) is 85.4 Å². The van der Waals surface area contributed by atoms with E-state index in [4.69, 9.17) is 9.47 Å². The van der Waals surface area contributed by atoms with E-state index in [0.717, 1.165) is 40.7 Å². The van der Waals surface area contributed by atoms with Crippen molar-refractivity contribution in [1.29, 1.82) is 0 Å². The Morgan fingerprint density at radius 1 is 1.00 bits per heavy atom. The molecule has 1 aliphatic rings. The van der Waals surface area contributed by atoms with Crippen LogP contribution in [0, 0.1) is 0 Å². The Bertz CT molecular complexity index is 1510. The van der Waals surface area contributed by atoms with Crippen molar-refractivity contribution in [3.8, 4) is 17.2 Å². The van der Waals surface area contributed by atoms with E-state index >= 15 is 0 Å². The third-order valence-electron chi connectivity index (χ3n) is 6.26. The minimum Gasteiger partial charge on any atom is -0.497 e. The van der Waals surface area contributed by atoms with Gasteiger partial charge in [0.15, 0.2) is 5.78 Å². The molecule has 0 aliphatic heterocycles. The summed E-state index contributed by atoms with van der Waals surface area (Å²) in [6.45, 7) is -0.155. The highest BCUT2D eigenvalue weighted by molar-refractivity contribution is 7.18. The van der Waals surface area contributed by atoms with Crippen LogP contribution in [0.1, 0.15) is 33.6 Å². The number of aryl methyl sites for hydroxylation is 2. The molecule has 2 aromatic heterocycles. The Kier molecular flexibility index (Phi) is 5.83. The molecule has 0 bridgehead atoms. The number of benzene rings is 2. The molecule has 0 radical (unpaired) electrons. The van der Waals surface area contributed by atoms with Gasteiger partial charge in [0.1, 0.15) is 16.3 Å². The van der Waals surface area contributed by atoms with E-state index in [0.29, 0.717) is 33.0 Å². The van der Waals surface area contributed by atoms with Crippen molar-refractivity contribution < 1.29 is 14.3 Å². The van der Waals surface area contributed by atoms with E-state index in [9.17, 15) is 14.4 Å². The van der Waals surface area contributed by atoms with Crippen LogP contribution in [0.25, 0.3) is 15.9 Å². The number of methoxy groups -OCH3 is 2. The number of aromatic nitrogens is 2. The summed E-state index contributed by atoms with van der Waals surface area (Å²) in [4.78, 5) is 42.4. The molecule has 0 fully saturated rings. The number of hydrogen-bond donors (Lipinski definition) is 0. The van der Waals surface area contributed by atoms with Crippen molar-refractivity contribution in [2.24, 2.45) is 0 Å². The highest BCUT2D eigenvalue weighted by atomic mass is 32.1. The van der Waals surface area contributed by atoms with Crippen molar-refractivity contribution in [2.45, 2.75) is 32.2 Å². The highest BCUT2D eigenvalue weighted by Crippen LogP contribution is 2.35. The molecular formula is C26H24N2O5S. The number of thiophene rings is 1. The Morgan fingerprint density at radius 2 is 1.76 bits per heavy atom. The molecule has 2 heterocycles. The SMILES string of the molecule is COc1ccc(-n2c(=O)c3c4c(sc3n(CC(=O)c3ccccc3)c2=O)CCCC4)c(OC)c1. The van der Waals surface area contributed by atoms with Gasteiger partial charge < -0.3 is 9.47 Å². The van der Waals surface area contributed by atoms with Crippen molar-refractivity contribution >= 4 is 27.3 Å². The van der Waals surface area contributed by atoms with Crippen LogP contribution in [0.5, 0.6) is 11.5 Å². The van der Waals surface area contributed by atoms with Crippen LogP contribution in [-0.2, 0) is 19.4 Å². The number of carbonyl (C=O) groups excluding carboxylic acids is 1. The first-order valence-electron chi connectivity index (χ1n) is 11.1. The van der Waals surface area contributed by atoms with Crippen molar-refractivity contribution in [3.63, 3.8) is 0 Å². The van der Waals surface area contributed by atoms with Gasteiger partial charge in [0, 0.05) is 16.5 Å². The maximum Gasteiger partial charge on any atom is 0.337 e. The molecule has 2 aromatic carbocycles. The first kappa shape index (κ1) is 22.2. The van der Waals surface area contributed by atoms with E-state index in [-0.39, 0.29) is 17.9 Å². The predicted molar refractivity (Wildman–Crippen MR) is 132 cm³/mol. The summed E-state index contributed by atoms with van der Waals surface area (Å²) >= 11 is 1.46. The molecule has 0 N–H and O–H groups in total. The summed E-state index contributed by atoms with van der Waals surface area (Å²) in [6, 6.07) is 13.8. The lowest BCUT2D eigenvalue weighted by atomic mass is 9.97. The molecule has 4 aromatic rings. The van der Waals surface area contributed by atoms with Gasteiger partial charge in [0.2, 0.25) is 0 Å². The number of Topliss-reactive ketones (excluding diaryl/α,β-unsaturated/α-hetero) is 1. The molecule has 0 saturated heterocycles. The zero-order valence-electron chi connectivity index (χ0n) is 19.0. The predicted octanol–water partition coefficient (Wildman–Crippen LogP) is 3.99. The molecule has 174 valence electrons. The van der Waals surface area contributed by atoms with E-state index in [2.05, 4.69) is 0 Å². The second-order valence-corrected chi connectivity index (χ2v) is 9.31. The fourth-order valence-electron chi connectivity index (χ4n) is 4.55. The van der Waals surface area contributed by atoms with Crippen LogP contribution in [0.4, 0.5) is 0 Å². The zero-order valence-corrected chi connectivity index (χ0v) is 19.8. The van der Waals surface area contributed by atoms with Crippen LogP contribution < -0.4 is 20.7 Å². The third-order valence-corrected chi connectivity index (χ3v) is 7.58. The van der Waals surface area contributed by atoms with Crippen LogP contribution in [-0.4, -0.2) is 29.1 Å². The van der Waals surface area contributed by atoms with Gasteiger partial charge in [0.05, 0.1) is 31.8 Å². The van der Waals surface area contributed by atoms with E-state index in [1.165, 1.54) is 30.1 Å². The van der Waals surface area contributed by atoms with Gasteiger partial charge in [-0.1, -0.05) is 30.3 Å². The van der Waals surface area contributed by atoms with Crippen LogP contribution >= 0.6 is 11.3 Å². The van der Waals surface area contributed by atoms with Gasteiger partial charge in [-0.3, -0.25) is 14.2 Å². The zero-order chi connectivity index (χ0) is 23.8. The van der Waals surface area contributed by atoms with Gasteiger partial charge in [-0.2, -0.15) is 0 Å². The minimum atomic E-state index is -0.566. The lowest BCUT2D eigenvalue weighted by Gasteiger charge is -2.15. The van der Waals surface area contributed by atoms with Crippen LogP contribution in [0.15, 0.2) is 58.1 Å². The monoisotopic (exact) mass is 476 g/mol. The van der Waals surface area contributed by atoms with Gasteiger partial charge in [-0.05, 0) is 43.4 Å². The van der Waals surface area contributed by atoms with E-state index < -0.39 is 5.69 Å². The molecule has 34 heavy (non-hydrogen) atoms. The van der Waals surface area contributed by atoms with E-state index in [1.54, 1.807) is 42.5 Å². The Hall–Kier alpha value is -3.65. The molecule has 5 rings (SSSR count). The molecule has 7 nitrogen and oxygen atoms in total. The highest BCUT2D eigenvalue weighted by Gasteiger charge is 2.26. The average Bonchev–Trinajstić information content (AvgIpc) is 3.27. The lowest BCUT2D eigenvalue weighted by molar-refractivity contribution is 0.0971. The Balaban J connectivity index is 1.80. The maximum atomic E-state index is 13.8. The Labute approximate surface area is 199 Å². The molecule has 8 heteroatoms. The maximum absolute atomic E-state index is 13.8. The Morgan fingerprint density at radius 3 is 2.50 bits per heavy atom. The number of nitrogens with zero attached hydrogens (tertiary/aromatic N) is 2. The standard InChI is InChI=1S/C26H24N2O5S/c1-32-17-12-13-19(21(14-17)33-2)28-24(30)23-18-10-6-7-11-22(18)34-25(23)27(26(28)31)15-20(29)16-8-4-3-5-9-16/h3-5,8-9,12-14H,6-7,10-11,15H2,1-2H3. The summed E-state index contributed by atoms with van der Waals surface area (Å²) in [6.07, 6.45) is 3.70. The topological polar surface area (TPSA) is 79.5 Å². The van der Waals surface area contributed by atoms with Gasteiger partial charge >= 0.3 is 5.69 Å². The molecule has 0 saturated carbocycles. The van der Waals surface area contributed by atoms with Crippen LogP contribution in [0.3, 0.4) is 0 Å². The summed E-state index contributed by atoms with van der Waals surface area (Å²) < 4.78 is 13.3. The molecule has 1 aliphatic carbocycles. The van der Waals surface area contributed by atoms with Gasteiger partial charge in [-0.15, -0.1) is 11.3 Å². The molecule has 0 atom stereocenters. The molecule has 0 unspecified atom stereocenters. The number of ketones is 1. The third kappa shape index (κ3) is 3.64. The fourth-order valence-corrected chi connectivity index (χ4v) is 5.92. The first-order chi connectivity index (χ1) is 16.5. The molecule has 0 spiro atoms. The van der Waals surface area contributed by atoms with Crippen LogP contribution in [0.2, 0.25) is 0 Å². The normalized spacial score (nSPS) is 13.0. The molecule has 0 amide bonds. The number of fused-ring (bicyclic) bond motifs is 3. The van der Waals surface area contributed by atoms with E-state index in [1.807, 2.05) is 6.07 Å². The van der Waals surface area contributed by atoms with Crippen molar-refractivity contribution in [2.75, 3.05) is 14.2 Å². The number of rotatable bonds is 6. The van der Waals surface area contributed by atoms with Gasteiger partial charge in [-0.25, -0.2) is 9.36 Å². The number of carbonyl (C=O) groups is 1.